The zero-order valence-corrected chi connectivity index (χ0v) is 12.7. The predicted octanol–water partition coefficient (Wildman–Crippen LogP) is 2.26. The highest BCUT2D eigenvalue weighted by atomic mass is 35.5. The molecule has 0 spiro atoms. The molecule has 114 valence electrons. The molecule has 1 aliphatic rings. The lowest BCUT2D eigenvalue weighted by atomic mass is 10.2. The average Bonchev–Trinajstić information content (AvgIpc) is 2.93. The molecule has 3 N–H and O–H groups in total. The maximum atomic E-state index is 12.1. The van der Waals surface area contributed by atoms with Gasteiger partial charge in [0, 0.05) is 11.1 Å². The number of benzene rings is 1. The molecule has 1 aromatic rings. The smallest absolute Gasteiger partial charge is 0.260 e. The number of hydrogen-bond donors (Lipinski definition) is 2. The van der Waals surface area contributed by atoms with E-state index in [1.165, 1.54) is 6.07 Å². The molecule has 2 amide bonds. The number of ether oxygens (including phenoxy) is 1. The molecule has 5 nitrogen and oxygen atoms in total. The summed E-state index contributed by atoms with van der Waals surface area (Å²) < 4.78 is 5.56. The van der Waals surface area contributed by atoms with E-state index in [2.05, 4.69) is 5.32 Å². The van der Waals surface area contributed by atoms with Gasteiger partial charge >= 0.3 is 0 Å². The lowest BCUT2D eigenvalue weighted by molar-refractivity contribution is -0.128. The Morgan fingerprint density at radius 3 is 2.67 bits per heavy atom. The highest BCUT2D eigenvalue weighted by Gasteiger charge is 2.22. The summed E-state index contributed by atoms with van der Waals surface area (Å²) in [6, 6.07) is 4.79. The fourth-order valence-corrected chi connectivity index (χ4v) is 2.60. The van der Waals surface area contributed by atoms with Crippen LogP contribution in [0.4, 0.5) is 0 Å². The third kappa shape index (κ3) is 4.11. The normalized spacial score (nSPS) is 16.5. The summed E-state index contributed by atoms with van der Waals surface area (Å²) in [6.45, 7) is 1.64. The van der Waals surface area contributed by atoms with Crippen molar-refractivity contribution in [3.05, 3.63) is 28.8 Å². The van der Waals surface area contributed by atoms with Gasteiger partial charge in [0.05, 0.1) is 5.56 Å². The van der Waals surface area contributed by atoms with E-state index in [9.17, 15) is 9.59 Å². The van der Waals surface area contributed by atoms with Gasteiger partial charge in [0.1, 0.15) is 5.75 Å². The van der Waals surface area contributed by atoms with Crippen LogP contribution in [-0.2, 0) is 4.79 Å². The van der Waals surface area contributed by atoms with Gasteiger partial charge in [0.15, 0.2) is 6.10 Å². The average molecular weight is 311 g/mol. The van der Waals surface area contributed by atoms with Crippen molar-refractivity contribution in [1.29, 1.82) is 0 Å². The van der Waals surface area contributed by atoms with Crippen LogP contribution in [0.1, 0.15) is 43.0 Å². The molecule has 6 heteroatoms. The molecule has 1 fully saturated rings. The molecule has 1 aliphatic carbocycles. The van der Waals surface area contributed by atoms with Gasteiger partial charge < -0.3 is 15.8 Å². The fourth-order valence-electron chi connectivity index (χ4n) is 2.43. The summed E-state index contributed by atoms with van der Waals surface area (Å²) in [5, 5.41) is 3.34. The van der Waals surface area contributed by atoms with Gasteiger partial charge in [-0.1, -0.05) is 24.4 Å². The van der Waals surface area contributed by atoms with Crippen molar-refractivity contribution in [2.45, 2.75) is 44.8 Å². The highest BCUT2D eigenvalue weighted by molar-refractivity contribution is 6.31. The summed E-state index contributed by atoms with van der Waals surface area (Å²) in [4.78, 5) is 23.5. The third-order valence-corrected chi connectivity index (χ3v) is 3.82. The Morgan fingerprint density at radius 2 is 2.05 bits per heavy atom. The molecule has 1 atom stereocenters. The number of carbonyl (C=O) groups is 2. The Morgan fingerprint density at radius 1 is 1.38 bits per heavy atom. The Bertz CT molecular complexity index is 542. The van der Waals surface area contributed by atoms with Crippen LogP contribution in [-0.4, -0.2) is 24.0 Å². The monoisotopic (exact) mass is 310 g/mol. The van der Waals surface area contributed by atoms with Crippen LogP contribution in [0.15, 0.2) is 18.2 Å². The first-order chi connectivity index (χ1) is 9.97. The van der Waals surface area contributed by atoms with Crippen LogP contribution in [0, 0.1) is 0 Å². The zero-order valence-electron chi connectivity index (χ0n) is 11.9. The highest BCUT2D eigenvalue weighted by Crippen LogP contribution is 2.24. The summed E-state index contributed by atoms with van der Waals surface area (Å²) in [5.74, 6) is -0.566. The van der Waals surface area contributed by atoms with E-state index in [1.807, 2.05) is 0 Å². The lowest BCUT2D eigenvalue weighted by Crippen LogP contribution is -2.41. The van der Waals surface area contributed by atoms with Crippen LogP contribution in [0.5, 0.6) is 5.75 Å². The van der Waals surface area contributed by atoms with E-state index in [4.69, 9.17) is 22.1 Å². The molecule has 21 heavy (non-hydrogen) atoms. The number of halogens is 1. The molecule has 0 aliphatic heterocycles. The van der Waals surface area contributed by atoms with E-state index < -0.39 is 12.0 Å². The third-order valence-electron chi connectivity index (χ3n) is 3.58. The second kappa shape index (κ2) is 6.80. The maximum Gasteiger partial charge on any atom is 0.260 e. The first-order valence-corrected chi connectivity index (χ1v) is 7.41. The van der Waals surface area contributed by atoms with Crippen LogP contribution in [0.3, 0.4) is 0 Å². The molecular weight excluding hydrogens is 292 g/mol. The fraction of sp³-hybridized carbons (Fsp3) is 0.467. The number of nitrogens with one attached hydrogen (secondary N) is 1. The lowest BCUT2D eigenvalue weighted by Gasteiger charge is -2.19. The van der Waals surface area contributed by atoms with Crippen LogP contribution < -0.4 is 15.8 Å². The largest absolute Gasteiger partial charge is 0.480 e. The molecule has 0 bridgehead atoms. The molecule has 0 saturated heterocycles. The van der Waals surface area contributed by atoms with Crippen molar-refractivity contribution in [3.63, 3.8) is 0 Å². The van der Waals surface area contributed by atoms with E-state index >= 15 is 0 Å². The van der Waals surface area contributed by atoms with E-state index in [0.29, 0.717) is 5.02 Å². The van der Waals surface area contributed by atoms with Crippen molar-refractivity contribution < 1.29 is 14.3 Å². The second-order valence-corrected chi connectivity index (χ2v) is 5.69. The maximum absolute atomic E-state index is 12.1. The van der Waals surface area contributed by atoms with Crippen molar-refractivity contribution in [1.82, 2.24) is 5.32 Å². The number of hydrogen-bond acceptors (Lipinski definition) is 3. The summed E-state index contributed by atoms with van der Waals surface area (Å²) in [6.07, 6.45) is 3.59. The summed E-state index contributed by atoms with van der Waals surface area (Å²) in [7, 11) is 0. The number of carbonyl (C=O) groups excluding carboxylic acids is 2. The minimum atomic E-state index is -0.704. The van der Waals surface area contributed by atoms with Crippen molar-refractivity contribution in [2.24, 2.45) is 5.73 Å². The standard InChI is InChI=1S/C15H19ClN2O3/c1-9(15(20)18-11-4-2-3-5-11)21-13-7-6-10(16)8-12(13)14(17)19/h6-9,11H,2-5H2,1H3,(H2,17,19)(H,18,20). The molecule has 0 radical (unpaired) electrons. The number of amides is 2. The molecule has 0 heterocycles. The molecule has 2 rings (SSSR count). The second-order valence-electron chi connectivity index (χ2n) is 5.25. The van der Waals surface area contributed by atoms with Crippen LogP contribution >= 0.6 is 11.6 Å². The Balaban J connectivity index is 2.03. The van der Waals surface area contributed by atoms with Gasteiger partial charge in [-0.15, -0.1) is 0 Å². The van der Waals surface area contributed by atoms with Crippen LogP contribution in [0.25, 0.3) is 0 Å². The van der Waals surface area contributed by atoms with Crippen molar-refractivity contribution in [3.8, 4) is 5.75 Å². The zero-order chi connectivity index (χ0) is 15.4. The molecular formula is C15H19ClN2O3. The van der Waals surface area contributed by atoms with Gasteiger partial charge in [-0.05, 0) is 38.0 Å². The Labute approximate surface area is 128 Å². The predicted molar refractivity (Wildman–Crippen MR) is 80.5 cm³/mol. The number of rotatable bonds is 5. The Hall–Kier alpha value is -1.75. The SMILES string of the molecule is CC(Oc1ccc(Cl)cc1C(N)=O)C(=O)NC1CCCC1. The van der Waals surface area contributed by atoms with Gasteiger partial charge in [-0.3, -0.25) is 9.59 Å². The topological polar surface area (TPSA) is 81.4 Å². The molecule has 1 saturated carbocycles. The first-order valence-electron chi connectivity index (χ1n) is 7.03. The minimum Gasteiger partial charge on any atom is -0.480 e. The van der Waals surface area contributed by atoms with E-state index in [0.717, 1.165) is 25.7 Å². The molecule has 1 unspecified atom stereocenters. The molecule has 1 aromatic carbocycles. The number of primary amides is 1. The summed E-state index contributed by atoms with van der Waals surface area (Å²) in [5.41, 5.74) is 5.46. The van der Waals surface area contributed by atoms with Gasteiger partial charge in [0.25, 0.3) is 11.8 Å². The van der Waals surface area contributed by atoms with Crippen LogP contribution in [0.2, 0.25) is 5.02 Å². The molecule has 0 aromatic heterocycles. The summed E-state index contributed by atoms with van der Waals surface area (Å²) >= 11 is 5.83. The Kier molecular flexibility index (Phi) is 5.07. The van der Waals surface area contributed by atoms with E-state index in [-0.39, 0.29) is 23.3 Å². The first kappa shape index (κ1) is 15.6. The quantitative estimate of drug-likeness (QED) is 0.875. The van der Waals surface area contributed by atoms with Gasteiger partial charge in [0.2, 0.25) is 0 Å². The number of nitrogens with two attached hydrogens (primary N) is 1. The van der Waals surface area contributed by atoms with Crippen molar-refractivity contribution >= 4 is 23.4 Å². The van der Waals surface area contributed by atoms with Gasteiger partial charge in [-0.25, -0.2) is 0 Å². The minimum absolute atomic E-state index is 0.169. The van der Waals surface area contributed by atoms with E-state index in [1.54, 1.807) is 19.1 Å². The van der Waals surface area contributed by atoms with Gasteiger partial charge in [-0.2, -0.15) is 0 Å². The van der Waals surface area contributed by atoms with Crippen molar-refractivity contribution in [2.75, 3.05) is 0 Å².